The summed E-state index contributed by atoms with van der Waals surface area (Å²) in [4.78, 5) is 25.9. The van der Waals surface area contributed by atoms with Gasteiger partial charge in [0.25, 0.3) is 0 Å². The Morgan fingerprint density at radius 3 is 2.72 bits per heavy atom. The van der Waals surface area contributed by atoms with Gasteiger partial charge in [0.05, 0.1) is 19.6 Å². The third-order valence-corrected chi connectivity index (χ3v) is 4.54. The van der Waals surface area contributed by atoms with Crippen LogP contribution in [0.3, 0.4) is 0 Å². The van der Waals surface area contributed by atoms with Crippen molar-refractivity contribution in [3.63, 3.8) is 0 Å². The van der Waals surface area contributed by atoms with Gasteiger partial charge in [0.2, 0.25) is 11.8 Å². The molecule has 1 N–H and O–H groups in total. The van der Waals surface area contributed by atoms with E-state index in [1.165, 1.54) is 5.56 Å². The van der Waals surface area contributed by atoms with Gasteiger partial charge in [-0.3, -0.25) is 9.59 Å². The Balaban J connectivity index is 1.69. The minimum atomic E-state index is -0.115. The molecule has 0 saturated carbocycles. The number of ether oxygens (including phenoxy) is 2. The number of hydrogen-bond donors (Lipinski definition) is 1. The highest BCUT2D eigenvalue weighted by atomic mass is 16.5. The highest BCUT2D eigenvalue weighted by Crippen LogP contribution is 2.18. The molecule has 6 heteroatoms. The van der Waals surface area contributed by atoms with E-state index in [9.17, 15) is 9.59 Å². The van der Waals surface area contributed by atoms with E-state index in [4.69, 9.17) is 9.47 Å². The summed E-state index contributed by atoms with van der Waals surface area (Å²) in [6.45, 7) is 2.19. The van der Waals surface area contributed by atoms with Crippen LogP contribution in [-0.2, 0) is 20.7 Å². The summed E-state index contributed by atoms with van der Waals surface area (Å²) in [7, 11) is 3.27. The molecule has 0 unspecified atom stereocenters. The summed E-state index contributed by atoms with van der Waals surface area (Å²) >= 11 is 0. The van der Waals surface area contributed by atoms with Gasteiger partial charge in [0, 0.05) is 33.2 Å². The first-order valence-corrected chi connectivity index (χ1v) is 8.81. The van der Waals surface area contributed by atoms with Gasteiger partial charge in [0.15, 0.2) is 0 Å². The Hall–Kier alpha value is -2.08. The van der Waals surface area contributed by atoms with E-state index < -0.39 is 0 Å². The summed E-state index contributed by atoms with van der Waals surface area (Å²) in [6.07, 6.45) is 2.87. The predicted molar refractivity (Wildman–Crippen MR) is 95.5 cm³/mol. The standard InChI is InChI=1S/C19H28N2O4/c1-24-13-12-21-14-16(7-10-18(21)22)19(23)20-11-3-4-15-5-8-17(25-2)9-6-15/h5-6,8-9,16H,3-4,7,10-14H2,1-2H3,(H,20,23)/t16-/m0/s1. The molecule has 0 aliphatic carbocycles. The zero-order valence-corrected chi connectivity index (χ0v) is 15.1. The molecular weight excluding hydrogens is 320 g/mol. The first-order chi connectivity index (χ1) is 12.1. The molecule has 0 spiro atoms. The van der Waals surface area contributed by atoms with Crippen LogP contribution in [0.15, 0.2) is 24.3 Å². The van der Waals surface area contributed by atoms with Crippen LogP contribution in [0.5, 0.6) is 5.75 Å². The molecule has 1 aliphatic heterocycles. The smallest absolute Gasteiger partial charge is 0.224 e. The van der Waals surface area contributed by atoms with Crippen molar-refractivity contribution in [2.24, 2.45) is 5.92 Å². The summed E-state index contributed by atoms with van der Waals surface area (Å²) in [5.41, 5.74) is 1.23. The Kier molecular flexibility index (Phi) is 7.73. The van der Waals surface area contributed by atoms with Crippen molar-refractivity contribution >= 4 is 11.8 Å². The molecule has 138 valence electrons. The molecule has 2 rings (SSSR count). The van der Waals surface area contributed by atoms with Gasteiger partial charge in [-0.15, -0.1) is 0 Å². The number of carbonyl (C=O) groups is 2. The number of amides is 2. The lowest BCUT2D eigenvalue weighted by atomic mass is 9.96. The first kappa shape index (κ1) is 19.2. The van der Waals surface area contributed by atoms with Gasteiger partial charge in [-0.25, -0.2) is 0 Å². The molecule has 1 heterocycles. The Bertz CT molecular complexity index is 559. The largest absolute Gasteiger partial charge is 0.497 e. The van der Waals surface area contributed by atoms with E-state index >= 15 is 0 Å². The average Bonchev–Trinajstić information content (AvgIpc) is 2.65. The Morgan fingerprint density at radius 1 is 1.28 bits per heavy atom. The zero-order valence-electron chi connectivity index (χ0n) is 15.1. The fourth-order valence-corrected chi connectivity index (χ4v) is 2.99. The van der Waals surface area contributed by atoms with Crippen molar-refractivity contribution in [1.82, 2.24) is 10.2 Å². The average molecular weight is 348 g/mol. The number of hydrogen-bond acceptors (Lipinski definition) is 4. The molecule has 0 radical (unpaired) electrons. The summed E-state index contributed by atoms with van der Waals surface area (Å²) < 4.78 is 10.2. The minimum Gasteiger partial charge on any atom is -0.497 e. The van der Waals surface area contributed by atoms with Crippen LogP contribution in [0.2, 0.25) is 0 Å². The number of benzene rings is 1. The van der Waals surface area contributed by atoms with Crippen molar-refractivity contribution in [3.8, 4) is 5.75 Å². The van der Waals surface area contributed by atoms with E-state index in [1.807, 2.05) is 24.3 Å². The van der Waals surface area contributed by atoms with E-state index in [1.54, 1.807) is 19.1 Å². The van der Waals surface area contributed by atoms with Crippen LogP contribution in [0.25, 0.3) is 0 Å². The number of rotatable bonds is 9. The molecule has 0 aromatic heterocycles. The van der Waals surface area contributed by atoms with E-state index in [-0.39, 0.29) is 17.7 Å². The highest BCUT2D eigenvalue weighted by molar-refractivity contribution is 5.83. The molecule has 1 aliphatic rings. The van der Waals surface area contributed by atoms with Gasteiger partial charge >= 0.3 is 0 Å². The van der Waals surface area contributed by atoms with Crippen molar-refractivity contribution in [1.29, 1.82) is 0 Å². The number of piperidine rings is 1. The second-order valence-electron chi connectivity index (χ2n) is 6.31. The Labute approximate surface area is 149 Å². The lowest BCUT2D eigenvalue weighted by molar-refractivity contribution is -0.138. The summed E-state index contributed by atoms with van der Waals surface area (Å²) in [5.74, 6) is 0.891. The fourth-order valence-electron chi connectivity index (χ4n) is 2.99. The van der Waals surface area contributed by atoms with Crippen molar-refractivity contribution in [2.45, 2.75) is 25.7 Å². The molecule has 1 aromatic rings. The molecule has 1 atom stereocenters. The van der Waals surface area contributed by atoms with Crippen LogP contribution >= 0.6 is 0 Å². The van der Waals surface area contributed by atoms with Crippen molar-refractivity contribution < 1.29 is 19.1 Å². The molecule has 1 saturated heterocycles. The summed E-state index contributed by atoms with van der Waals surface area (Å²) in [5, 5.41) is 3.00. The first-order valence-electron chi connectivity index (χ1n) is 8.81. The fraction of sp³-hybridized carbons (Fsp3) is 0.579. The van der Waals surface area contributed by atoms with Crippen LogP contribution in [-0.4, -0.2) is 57.2 Å². The maximum absolute atomic E-state index is 12.3. The predicted octanol–water partition coefficient (Wildman–Crippen LogP) is 1.63. The van der Waals surface area contributed by atoms with Gasteiger partial charge in [-0.05, 0) is 37.0 Å². The van der Waals surface area contributed by atoms with Crippen molar-refractivity contribution in [3.05, 3.63) is 29.8 Å². The summed E-state index contributed by atoms with van der Waals surface area (Å²) in [6, 6.07) is 7.98. The quantitative estimate of drug-likeness (QED) is 0.689. The molecule has 1 fully saturated rings. The van der Waals surface area contributed by atoms with E-state index in [0.29, 0.717) is 39.1 Å². The van der Waals surface area contributed by atoms with Gasteiger partial charge < -0.3 is 19.7 Å². The minimum absolute atomic E-state index is 0.0460. The van der Waals surface area contributed by atoms with Crippen molar-refractivity contribution in [2.75, 3.05) is 40.5 Å². The lowest BCUT2D eigenvalue weighted by Gasteiger charge is -2.31. The number of likely N-dealkylation sites (tertiary alicyclic amines) is 1. The maximum atomic E-state index is 12.3. The van der Waals surface area contributed by atoms with Crippen LogP contribution < -0.4 is 10.1 Å². The van der Waals surface area contributed by atoms with Gasteiger partial charge in [-0.2, -0.15) is 0 Å². The SMILES string of the molecule is COCCN1C[C@@H](C(=O)NCCCc2ccc(OC)cc2)CCC1=O. The molecule has 0 bridgehead atoms. The number of methoxy groups -OCH3 is 2. The van der Waals surface area contributed by atoms with Crippen LogP contribution in [0.4, 0.5) is 0 Å². The Morgan fingerprint density at radius 2 is 2.04 bits per heavy atom. The number of carbonyl (C=O) groups excluding carboxylic acids is 2. The normalized spacial score (nSPS) is 17.4. The number of nitrogens with one attached hydrogen (secondary N) is 1. The third-order valence-electron chi connectivity index (χ3n) is 4.54. The monoisotopic (exact) mass is 348 g/mol. The number of aryl methyl sites for hydroxylation is 1. The van der Waals surface area contributed by atoms with Gasteiger partial charge in [0.1, 0.15) is 5.75 Å². The molecule has 25 heavy (non-hydrogen) atoms. The molecule has 6 nitrogen and oxygen atoms in total. The number of nitrogens with zero attached hydrogens (tertiary/aromatic N) is 1. The van der Waals surface area contributed by atoms with E-state index in [0.717, 1.165) is 18.6 Å². The van der Waals surface area contributed by atoms with Crippen LogP contribution in [0.1, 0.15) is 24.8 Å². The lowest BCUT2D eigenvalue weighted by Crippen LogP contribution is -2.46. The molecule has 2 amide bonds. The van der Waals surface area contributed by atoms with E-state index in [2.05, 4.69) is 5.32 Å². The second kappa shape index (κ2) is 10.0. The zero-order chi connectivity index (χ0) is 18.1. The molecular formula is C19H28N2O4. The third kappa shape index (κ3) is 6.05. The maximum Gasteiger partial charge on any atom is 0.224 e. The van der Waals surface area contributed by atoms with Gasteiger partial charge in [-0.1, -0.05) is 12.1 Å². The second-order valence-corrected chi connectivity index (χ2v) is 6.31. The highest BCUT2D eigenvalue weighted by Gasteiger charge is 2.29. The van der Waals surface area contributed by atoms with Crippen LogP contribution in [0, 0.1) is 5.92 Å². The molecule has 1 aromatic carbocycles. The topological polar surface area (TPSA) is 67.9 Å².